The molecule has 5 rings (SSSR count). The normalized spacial score (nSPS) is 19.7. The van der Waals surface area contributed by atoms with Crippen molar-refractivity contribution in [2.45, 2.75) is 38.0 Å². The first kappa shape index (κ1) is 30.4. The number of piperidine rings is 1. The number of rotatable bonds is 7. The van der Waals surface area contributed by atoms with Crippen molar-refractivity contribution >= 4 is 17.5 Å². The zero-order valence-corrected chi connectivity index (χ0v) is 23.9. The number of methoxy groups -OCH3 is 1. The summed E-state index contributed by atoms with van der Waals surface area (Å²) >= 11 is 0. The number of carbonyl (C=O) groups is 1. The number of hydrogen-bond donors (Lipinski definition) is 2. The molecule has 2 aromatic carbocycles. The van der Waals surface area contributed by atoms with Crippen LogP contribution >= 0.6 is 0 Å². The van der Waals surface area contributed by atoms with Crippen molar-refractivity contribution in [2.75, 3.05) is 46.3 Å². The van der Waals surface area contributed by atoms with E-state index in [9.17, 15) is 22.4 Å². The number of aromatic nitrogens is 2. The maximum atomic E-state index is 14.4. The lowest BCUT2D eigenvalue weighted by molar-refractivity contribution is -0.139. The van der Waals surface area contributed by atoms with E-state index in [-0.39, 0.29) is 41.8 Å². The molecule has 0 spiro atoms. The van der Waals surface area contributed by atoms with Gasteiger partial charge in [-0.2, -0.15) is 18.2 Å². The number of alkyl halides is 4. The Morgan fingerprint density at radius 2 is 1.95 bits per heavy atom. The fraction of sp³-hybridized carbons (Fsp3) is 0.414. The standard InChI is InChI=1S/C29H32F4N6O4/c1-38-10-9-22(21(30)14-38)35-26(40)17-7-8-23(25(11-17)41-3)36-28-34-12-20(29(31,32)33)27(37-28)43-24-6-4-5-18-13-39(2)16-42-15-19(18)24/h4-8,11-12,21-22H,9-10,13-16H2,1-3H3,(H,35,40)(H,34,36,37)/t21-,22+/m1/s1. The van der Waals surface area contributed by atoms with Crippen LogP contribution in [0.2, 0.25) is 0 Å². The minimum Gasteiger partial charge on any atom is -0.495 e. The molecule has 1 aromatic heterocycles. The van der Waals surface area contributed by atoms with E-state index in [0.29, 0.717) is 38.0 Å². The number of benzene rings is 2. The highest BCUT2D eigenvalue weighted by Crippen LogP contribution is 2.39. The smallest absolute Gasteiger partial charge is 0.423 e. The van der Waals surface area contributed by atoms with Gasteiger partial charge in [0.25, 0.3) is 5.91 Å². The van der Waals surface area contributed by atoms with Gasteiger partial charge in [-0.05, 0) is 50.3 Å². The predicted molar refractivity (Wildman–Crippen MR) is 149 cm³/mol. The molecule has 2 N–H and O–H groups in total. The molecule has 0 bridgehead atoms. The number of fused-ring (bicyclic) bond motifs is 1. The number of amides is 1. The maximum absolute atomic E-state index is 14.4. The molecule has 2 aliphatic rings. The Hall–Kier alpha value is -4.01. The van der Waals surface area contributed by atoms with Gasteiger partial charge in [-0.25, -0.2) is 9.37 Å². The maximum Gasteiger partial charge on any atom is 0.423 e. The van der Waals surface area contributed by atoms with E-state index in [1.54, 1.807) is 12.1 Å². The Morgan fingerprint density at radius 3 is 2.70 bits per heavy atom. The number of hydrogen-bond acceptors (Lipinski definition) is 9. The number of ether oxygens (including phenoxy) is 3. The average Bonchev–Trinajstić information content (AvgIpc) is 3.15. The van der Waals surface area contributed by atoms with Crippen LogP contribution in [-0.2, 0) is 24.1 Å². The number of halogens is 4. The third-order valence-electron chi connectivity index (χ3n) is 7.27. The van der Waals surface area contributed by atoms with Crippen molar-refractivity contribution < 1.29 is 36.6 Å². The topological polar surface area (TPSA) is 101 Å². The highest BCUT2D eigenvalue weighted by molar-refractivity contribution is 5.95. The van der Waals surface area contributed by atoms with E-state index in [4.69, 9.17) is 14.2 Å². The summed E-state index contributed by atoms with van der Waals surface area (Å²) in [5, 5.41) is 5.57. The van der Waals surface area contributed by atoms with Crippen LogP contribution in [0.5, 0.6) is 17.4 Å². The van der Waals surface area contributed by atoms with Crippen molar-refractivity contribution in [3.05, 3.63) is 64.8 Å². The third-order valence-corrected chi connectivity index (χ3v) is 7.27. The van der Waals surface area contributed by atoms with E-state index in [1.165, 1.54) is 25.3 Å². The van der Waals surface area contributed by atoms with Gasteiger partial charge in [-0.15, -0.1) is 0 Å². The number of nitrogens with zero attached hydrogens (tertiary/aromatic N) is 4. The summed E-state index contributed by atoms with van der Waals surface area (Å²) in [5.74, 6) is -0.960. The van der Waals surface area contributed by atoms with Crippen molar-refractivity contribution in [1.82, 2.24) is 25.1 Å². The molecular weight excluding hydrogens is 572 g/mol. The summed E-state index contributed by atoms with van der Waals surface area (Å²) in [6, 6.07) is 8.94. The fourth-order valence-electron chi connectivity index (χ4n) is 4.99. The summed E-state index contributed by atoms with van der Waals surface area (Å²) in [4.78, 5) is 24.5. The molecule has 0 aliphatic carbocycles. The minimum absolute atomic E-state index is 0.161. The Morgan fingerprint density at radius 1 is 1.14 bits per heavy atom. The largest absolute Gasteiger partial charge is 0.495 e. The van der Waals surface area contributed by atoms with Crippen LogP contribution in [0.1, 0.15) is 33.5 Å². The lowest BCUT2D eigenvalue weighted by atomic mass is 10.0. The van der Waals surface area contributed by atoms with Gasteiger partial charge >= 0.3 is 6.18 Å². The lowest BCUT2D eigenvalue weighted by Crippen LogP contribution is -2.51. The van der Waals surface area contributed by atoms with Gasteiger partial charge in [0.2, 0.25) is 11.8 Å². The summed E-state index contributed by atoms with van der Waals surface area (Å²) in [7, 11) is 5.06. The second kappa shape index (κ2) is 12.7. The monoisotopic (exact) mass is 604 g/mol. The quantitative estimate of drug-likeness (QED) is 0.371. The molecule has 3 aromatic rings. The Kier molecular flexibility index (Phi) is 8.99. The van der Waals surface area contributed by atoms with Gasteiger partial charge in [0, 0.05) is 37.0 Å². The molecule has 230 valence electrons. The number of carbonyl (C=O) groups excluding carboxylic acids is 1. The summed E-state index contributed by atoms with van der Waals surface area (Å²) in [6.45, 7) is 1.95. The zero-order valence-electron chi connectivity index (χ0n) is 23.9. The van der Waals surface area contributed by atoms with Crippen molar-refractivity contribution in [3.63, 3.8) is 0 Å². The molecule has 14 heteroatoms. The SMILES string of the molecule is COc1cc(C(=O)N[C@H]2CCN(C)C[C@H]2F)ccc1Nc1ncc(C(F)(F)F)c(Oc2cccc3c2COCN(C)C3)n1. The van der Waals surface area contributed by atoms with E-state index in [2.05, 4.69) is 20.6 Å². The van der Waals surface area contributed by atoms with Gasteiger partial charge in [0.05, 0.1) is 32.2 Å². The zero-order chi connectivity index (χ0) is 30.7. The van der Waals surface area contributed by atoms with Crippen LogP contribution in [-0.4, -0.2) is 78.9 Å². The van der Waals surface area contributed by atoms with Crippen LogP contribution in [0, 0.1) is 0 Å². The van der Waals surface area contributed by atoms with E-state index in [1.807, 2.05) is 30.0 Å². The van der Waals surface area contributed by atoms with Gasteiger partial charge in [0.15, 0.2) is 0 Å². The molecular formula is C29H32F4N6O4. The Bertz CT molecular complexity index is 1470. The minimum atomic E-state index is -4.78. The predicted octanol–water partition coefficient (Wildman–Crippen LogP) is 4.73. The average molecular weight is 605 g/mol. The number of nitrogens with one attached hydrogen (secondary N) is 2. The van der Waals surface area contributed by atoms with Crippen molar-refractivity contribution in [3.8, 4) is 17.4 Å². The van der Waals surface area contributed by atoms with E-state index in [0.717, 1.165) is 5.56 Å². The first-order valence-corrected chi connectivity index (χ1v) is 13.6. The molecule has 10 nitrogen and oxygen atoms in total. The van der Waals surface area contributed by atoms with Crippen molar-refractivity contribution in [2.24, 2.45) is 0 Å². The van der Waals surface area contributed by atoms with Gasteiger partial charge in [-0.3, -0.25) is 9.69 Å². The molecule has 0 saturated carbocycles. The van der Waals surface area contributed by atoms with E-state index < -0.39 is 35.7 Å². The number of anilines is 2. The van der Waals surface area contributed by atoms with Gasteiger partial charge in [0.1, 0.15) is 23.2 Å². The molecule has 2 aliphatic heterocycles. The highest BCUT2D eigenvalue weighted by atomic mass is 19.4. The second-order valence-electron chi connectivity index (χ2n) is 10.6. The summed E-state index contributed by atoms with van der Waals surface area (Å²) < 4.78 is 73.0. The first-order valence-electron chi connectivity index (χ1n) is 13.6. The highest BCUT2D eigenvalue weighted by Gasteiger charge is 2.37. The van der Waals surface area contributed by atoms with Gasteiger partial charge in [-0.1, -0.05) is 12.1 Å². The van der Waals surface area contributed by atoms with Crippen LogP contribution < -0.4 is 20.1 Å². The lowest BCUT2D eigenvalue weighted by Gasteiger charge is -2.32. The summed E-state index contributed by atoms with van der Waals surface area (Å²) in [5.41, 5.74) is 0.857. The molecule has 0 radical (unpaired) electrons. The summed E-state index contributed by atoms with van der Waals surface area (Å²) in [6.07, 6.45) is -4.86. The van der Waals surface area contributed by atoms with E-state index >= 15 is 0 Å². The second-order valence-corrected chi connectivity index (χ2v) is 10.6. The molecule has 0 unspecified atom stereocenters. The molecule has 43 heavy (non-hydrogen) atoms. The van der Waals surface area contributed by atoms with Crippen LogP contribution in [0.4, 0.5) is 29.2 Å². The molecule has 2 atom stereocenters. The van der Waals surface area contributed by atoms with Crippen LogP contribution in [0.15, 0.2) is 42.6 Å². The number of likely N-dealkylation sites (tertiary alicyclic amines) is 1. The molecule has 3 heterocycles. The molecule has 1 saturated heterocycles. The fourth-order valence-corrected chi connectivity index (χ4v) is 4.99. The first-order chi connectivity index (χ1) is 20.5. The third kappa shape index (κ3) is 7.14. The van der Waals surface area contributed by atoms with Crippen LogP contribution in [0.25, 0.3) is 0 Å². The Balaban J connectivity index is 1.38. The molecule has 1 fully saturated rings. The van der Waals surface area contributed by atoms with Crippen LogP contribution in [0.3, 0.4) is 0 Å². The Labute approximate surface area is 246 Å². The molecule has 1 amide bonds. The van der Waals surface area contributed by atoms with Gasteiger partial charge < -0.3 is 29.7 Å². The van der Waals surface area contributed by atoms with Crippen molar-refractivity contribution in [1.29, 1.82) is 0 Å².